The average molecular weight is 317 g/mol. The molecule has 0 spiro atoms. The molecule has 0 amide bonds. The van der Waals surface area contributed by atoms with E-state index >= 15 is 0 Å². The van der Waals surface area contributed by atoms with E-state index in [9.17, 15) is 8.42 Å². The molecule has 2 aromatic heterocycles. The van der Waals surface area contributed by atoms with Crippen LogP contribution in [0.1, 0.15) is 21.7 Å². The largest absolute Gasteiger partial charge is 0.326 e. The molecule has 8 heteroatoms. The van der Waals surface area contributed by atoms with Crippen molar-refractivity contribution in [1.82, 2.24) is 9.71 Å². The van der Waals surface area contributed by atoms with Gasteiger partial charge in [-0.1, -0.05) is 6.92 Å². The van der Waals surface area contributed by atoms with Gasteiger partial charge in [0.2, 0.25) is 10.0 Å². The van der Waals surface area contributed by atoms with Crippen LogP contribution in [0.2, 0.25) is 0 Å². The van der Waals surface area contributed by atoms with Gasteiger partial charge in [-0.05, 0) is 17.9 Å². The number of aromatic nitrogens is 1. The van der Waals surface area contributed by atoms with Crippen LogP contribution in [-0.2, 0) is 29.5 Å². The molecule has 2 aromatic rings. The van der Waals surface area contributed by atoms with Crippen molar-refractivity contribution in [3.05, 3.63) is 32.4 Å². The third-order valence-electron chi connectivity index (χ3n) is 2.54. The molecule has 0 aliphatic carbocycles. The molecule has 104 valence electrons. The van der Waals surface area contributed by atoms with Crippen molar-refractivity contribution in [2.24, 2.45) is 5.73 Å². The van der Waals surface area contributed by atoms with Gasteiger partial charge in [-0.2, -0.15) is 0 Å². The van der Waals surface area contributed by atoms with Gasteiger partial charge in [0, 0.05) is 22.5 Å². The number of nitrogens with zero attached hydrogens (tertiary/aromatic N) is 1. The predicted molar refractivity (Wildman–Crippen MR) is 77.7 cm³/mol. The highest BCUT2D eigenvalue weighted by Crippen LogP contribution is 2.21. The predicted octanol–water partition coefficient (Wildman–Crippen LogP) is 1.70. The van der Waals surface area contributed by atoms with E-state index in [0.29, 0.717) is 4.88 Å². The summed E-state index contributed by atoms with van der Waals surface area (Å²) in [5.74, 6) is 0. The Kier molecular flexibility index (Phi) is 4.69. The van der Waals surface area contributed by atoms with Crippen LogP contribution < -0.4 is 10.5 Å². The third kappa shape index (κ3) is 3.40. The van der Waals surface area contributed by atoms with Crippen LogP contribution in [0.15, 0.2) is 22.5 Å². The second-order valence-electron chi connectivity index (χ2n) is 3.81. The van der Waals surface area contributed by atoms with Crippen LogP contribution in [0.25, 0.3) is 0 Å². The SMILES string of the molecule is CCc1cnc(CNS(=O)(=O)c2ccsc2CN)s1. The van der Waals surface area contributed by atoms with Gasteiger partial charge in [-0.25, -0.2) is 18.1 Å². The molecule has 0 aromatic carbocycles. The van der Waals surface area contributed by atoms with Crippen LogP contribution in [-0.4, -0.2) is 13.4 Å². The summed E-state index contributed by atoms with van der Waals surface area (Å²) in [4.78, 5) is 6.27. The fraction of sp³-hybridized carbons (Fsp3) is 0.364. The van der Waals surface area contributed by atoms with Gasteiger partial charge < -0.3 is 5.73 Å². The first-order valence-electron chi connectivity index (χ1n) is 5.76. The van der Waals surface area contributed by atoms with E-state index in [1.807, 2.05) is 6.92 Å². The zero-order chi connectivity index (χ0) is 13.9. The van der Waals surface area contributed by atoms with Crippen molar-refractivity contribution >= 4 is 32.7 Å². The topological polar surface area (TPSA) is 85.1 Å². The number of thiazole rings is 1. The lowest BCUT2D eigenvalue weighted by Crippen LogP contribution is -2.24. The summed E-state index contributed by atoms with van der Waals surface area (Å²) in [7, 11) is -3.51. The zero-order valence-electron chi connectivity index (χ0n) is 10.4. The Bertz CT molecular complexity index is 646. The summed E-state index contributed by atoms with van der Waals surface area (Å²) < 4.78 is 26.8. The molecule has 2 rings (SSSR count). The molecule has 0 fully saturated rings. The van der Waals surface area contributed by atoms with E-state index in [1.165, 1.54) is 22.7 Å². The minimum atomic E-state index is -3.51. The minimum absolute atomic E-state index is 0.215. The summed E-state index contributed by atoms with van der Waals surface area (Å²) in [5, 5.41) is 2.50. The van der Waals surface area contributed by atoms with Crippen LogP contribution in [0.4, 0.5) is 0 Å². The van der Waals surface area contributed by atoms with Gasteiger partial charge in [0.15, 0.2) is 0 Å². The van der Waals surface area contributed by atoms with Gasteiger partial charge in [-0.15, -0.1) is 22.7 Å². The summed E-state index contributed by atoms with van der Waals surface area (Å²) in [6, 6.07) is 1.58. The molecule has 0 aliphatic rings. The lowest BCUT2D eigenvalue weighted by Gasteiger charge is -2.05. The number of nitrogens with two attached hydrogens (primary N) is 1. The van der Waals surface area contributed by atoms with E-state index in [2.05, 4.69) is 9.71 Å². The second kappa shape index (κ2) is 6.10. The lowest BCUT2D eigenvalue weighted by atomic mass is 10.4. The average Bonchev–Trinajstić information content (AvgIpc) is 3.05. The van der Waals surface area contributed by atoms with E-state index < -0.39 is 10.0 Å². The Balaban J connectivity index is 2.09. The number of thiophene rings is 1. The van der Waals surface area contributed by atoms with Crippen LogP contribution in [0, 0.1) is 0 Å². The number of nitrogens with one attached hydrogen (secondary N) is 1. The monoisotopic (exact) mass is 317 g/mol. The van der Waals surface area contributed by atoms with Crippen LogP contribution >= 0.6 is 22.7 Å². The molecule has 0 radical (unpaired) electrons. The van der Waals surface area contributed by atoms with E-state index in [1.54, 1.807) is 17.6 Å². The molecule has 0 saturated heterocycles. The maximum absolute atomic E-state index is 12.1. The molecular formula is C11H15N3O2S3. The van der Waals surface area contributed by atoms with Crippen molar-refractivity contribution in [2.45, 2.75) is 31.3 Å². The first kappa shape index (κ1) is 14.6. The molecule has 2 heterocycles. The highest BCUT2D eigenvalue weighted by atomic mass is 32.2. The smallest absolute Gasteiger partial charge is 0.242 e. The molecular weight excluding hydrogens is 302 g/mol. The minimum Gasteiger partial charge on any atom is -0.326 e. The maximum Gasteiger partial charge on any atom is 0.242 e. The molecule has 5 nitrogen and oxygen atoms in total. The first-order chi connectivity index (χ1) is 9.06. The Morgan fingerprint density at radius 2 is 2.26 bits per heavy atom. The van der Waals surface area contributed by atoms with Crippen molar-refractivity contribution in [1.29, 1.82) is 0 Å². The summed E-state index contributed by atoms with van der Waals surface area (Å²) in [5.41, 5.74) is 5.53. The molecule has 0 atom stereocenters. The molecule has 0 bridgehead atoms. The van der Waals surface area contributed by atoms with E-state index in [-0.39, 0.29) is 18.0 Å². The van der Waals surface area contributed by atoms with Gasteiger partial charge in [0.05, 0.1) is 11.4 Å². The Morgan fingerprint density at radius 3 is 2.89 bits per heavy atom. The summed E-state index contributed by atoms with van der Waals surface area (Å²) >= 11 is 2.87. The van der Waals surface area contributed by atoms with Gasteiger partial charge in [0.25, 0.3) is 0 Å². The quantitative estimate of drug-likeness (QED) is 0.849. The molecule has 0 aliphatic heterocycles. The van der Waals surface area contributed by atoms with E-state index in [0.717, 1.165) is 16.3 Å². The highest BCUT2D eigenvalue weighted by molar-refractivity contribution is 7.89. The summed E-state index contributed by atoms with van der Waals surface area (Å²) in [6.45, 7) is 2.48. The molecule has 0 unspecified atom stereocenters. The molecule has 19 heavy (non-hydrogen) atoms. The fourth-order valence-electron chi connectivity index (χ4n) is 1.54. The normalized spacial score (nSPS) is 11.9. The Morgan fingerprint density at radius 1 is 1.47 bits per heavy atom. The third-order valence-corrected chi connectivity index (χ3v) is 6.24. The molecule has 3 N–H and O–H groups in total. The standard InChI is InChI=1S/C11H15N3O2S3/c1-2-8-6-13-11(18-8)7-14-19(15,16)10-3-4-17-9(10)5-12/h3-4,6,14H,2,5,7,12H2,1H3. The summed E-state index contributed by atoms with van der Waals surface area (Å²) in [6.07, 6.45) is 2.69. The number of sulfonamides is 1. The highest BCUT2D eigenvalue weighted by Gasteiger charge is 2.19. The van der Waals surface area contributed by atoms with Crippen molar-refractivity contribution in [3.8, 4) is 0 Å². The van der Waals surface area contributed by atoms with Crippen molar-refractivity contribution < 1.29 is 8.42 Å². The van der Waals surface area contributed by atoms with Crippen LogP contribution in [0.5, 0.6) is 0 Å². The van der Waals surface area contributed by atoms with Gasteiger partial charge in [-0.3, -0.25) is 0 Å². The Labute approximate surface area is 120 Å². The van der Waals surface area contributed by atoms with Gasteiger partial charge in [0.1, 0.15) is 5.01 Å². The number of hydrogen-bond donors (Lipinski definition) is 2. The first-order valence-corrected chi connectivity index (χ1v) is 8.94. The Hall–Kier alpha value is -0.800. The second-order valence-corrected chi connectivity index (χ2v) is 7.75. The lowest BCUT2D eigenvalue weighted by molar-refractivity contribution is 0.580. The van der Waals surface area contributed by atoms with E-state index in [4.69, 9.17) is 5.73 Å². The van der Waals surface area contributed by atoms with Crippen LogP contribution in [0.3, 0.4) is 0 Å². The zero-order valence-corrected chi connectivity index (χ0v) is 12.9. The maximum atomic E-state index is 12.1. The van der Waals surface area contributed by atoms with Gasteiger partial charge >= 0.3 is 0 Å². The number of aryl methyl sites for hydroxylation is 1. The fourth-order valence-corrected chi connectivity index (χ4v) is 4.76. The molecule has 0 saturated carbocycles. The van der Waals surface area contributed by atoms with Crippen molar-refractivity contribution in [3.63, 3.8) is 0 Å². The van der Waals surface area contributed by atoms with Crippen molar-refractivity contribution in [2.75, 3.05) is 0 Å². The number of hydrogen-bond acceptors (Lipinski definition) is 6. The number of rotatable bonds is 6.